The van der Waals surface area contributed by atoms with Crippen LogP contribution in [0.2, 0.25) is 0 Å². The Balaban J connectivity index is 2.24. The summed E-state index contributed by atoms with van der Waals surface area (Å²) >= 11 is 0. The highest BCUT2D eigenvalue weighted by Gasteiger charge is 2.22. The van der Waals surface area contributed by atoms with E-state index in [2.05, 4.69) is 12.2 Å². The first kappa shape index (κ1) is 13.9. The van der Waals surface area contributed by atoms with Crippen molar-refractivity contribution in [3.05, 3.63) is 0 Å². The molecule has 3 heteroatoms. The molecule has 1 saturated carbocycles. The summed E-state index contributed by atoms with van der Waals surface area (Å²) < 4.78 is 10.9. The summed E-state index contributed by atoms with van der Waals surface area (Å²) in [6.07, 6.45) is 7.09. The molecular formula is C13H27NO2. The average molecular weight is 229 g/mol. The molecule has 16 heavy (non-hydrogen) atoms. The maximum absolute atomic E-state index is 5.80. The van der Waals surface area contributed by atoms with E-state index in [0.717, 1.165) is 12.5 Å². The van der Waals surface area contributed by atoms with Gasteiger partial charge in [-0.25, -0.2) is 0 Å². The number of rotatable bonds is 7. The second-order valence-electron chi connectivity index (χ2n) is 4.89. The molecule has 0 radical (unpaired) electrons. The molecule has 0 aromatic rings. The minimum atomic E-state index is 0.199. The molecule has 0 aromatic carbocycles. The fourth-order valence-electron chi connectivity index (χ4n) is 2.54. The number of ether oxygens (including phenoxy) is 2. The van der Waals surface area contributed by atoms with Crippen LogP contribution in [0.25, 0.3) is 0 Å². The minimum absolute atomic E-state index is 0.199. The predicted molar refractivity (Wildman–Crippen MR) is 66.7 cm³/mol. The van der Waals surface area contributed by atoms with E-state index in [-0.39, 0.29) is 6.10 Å². The van der Waals surface area contributed by atoms with E-state index in [0.29, 0.717) is 12.6 Å². The standard InChI is InChI=1S/C13H27NO2/c1-11(9-15-3)16-10-13(14-2)12-7-5-4-6-8-12/h11-14H,4-10H2,1-3H3. The van der Waals surface area contributed by atoms with E-state index in [1.54, 1.807) is 7.11 Å². The highest BCUT2D eigenvalue weighted by atomic mass is 16.5. The molecule has 0 saturated heterocycles. The predicted octanol–water partition coefficient (Wildman–Crippen LogP) is 2.21. The normalized spacial score (nSPS) is 21.9. The van der Waals surface area contributed by atoms with Crippen molar-refractivity contribution in [2.45, 2.75) is 51.2 Å². The van der Waals surface area contributed by atoms with E-state index in [1.165, 1.54) is 32.1 Å². The average Bonchev–Trinajstić information content (AvgIpc) is 2.31. The molecule has 0 bridgehead atoms. The van der Waals surface area contributed by atoms with E-state index >= 15 is 0 Å². The number of likely N-dealkylation sites (N-methyl/N-ethyl adjacent to an activating group) is 1. The molecule has 0 spiro atoms. The lowest BCUT2D eigenvalue weighted by Gasteiger charge is -2.30. The molecule has 1 rings (SSSR count). The van der Waals surface area contributed by atoms with Crippen LogP contribution in [0.3, 0.4) is 0 Å². The molecule has 96 valence electrons. The highest BCUT2D eigenvalue weighted by Crippen LogP contribution is 2.26. The van der Waals surface area contributed by atoms with Gasteiger partial charge in [-0.15, -0.1) is 0 Å². The fourth-order valence-corrected chi connectivity index (χ4v) is 2.54. The zero-order valence-electron chi connectivity index (χ0n) is 11.0. The second kappa shape index (κ2) is 8.04. The van der Waals surface area contributed by atoms with Crippen molar-refractivity contribution >= 4 is 0 Å². The second-order valence-corrected chi connectivity index (χ2v) is 4.89. The van der Waals surface area contributed by atoms with Crippen LogP contribution in [0.15, 0.2) is 0 Å². The maximum atomic E-state index is 5.80. The highest BCUT2D eigenvalue weighted by molar-refractivity contribution is 4.78. The quantitative estimate of drug-likeness (QED) is 0.726. The summed E-state index contributed by atoms with van der Waals surface area (Å²) in [6, 6.07) is 0.514. The van der Waals surface area contributed by atoms with Gasteiger partial charge in [0.05, 0.1) is 19.3 Å². The number of nitrogens with one attached hydrogen (secondary N) is 1. The van der Waals surface area contributed by atoms with Crippen molar-refractivity contribution in [2.24, 2.45) is 5.92 Å². The summed E-state index contributed by atoms with van der Waals surface area (Å²) in [6.45, 7) is 3.56. The summed E-state index contributed by atoms with van der Waals surface area (Å²) in [5.41, 5.74) is 0. The van der Waals surface area contributed by atoms with Crippen LogP contribution in [0.4, 0.5) is 0 Å². The van der Waals surface area contributed by atoms with E-state index in [1.807, 2.05) is 7.05 Å². The van der Waals surface area contributed by atoms with Gasteiger partial charge in [-0.2, -0.15) is 0 Å². The zero-order chi connectivity index (χ0) is 11.8. The van der Waals surface area contributed by atoms with Crippen LogP contribution in [0, 0.1) is 5.92 Å². The zero-order valence-corrected chi connectivity index (χ0v) is 11.0. The van der Waals surface area contributed by atoms with Gasteiger partial charge >= 0.3 is 0 Å². The van der Waals surface area contributed by atoms with Crippen LogP contribution in [-0.2, 0) is 9.47 Å². The van der Waals surface area contributed by atoms with Crippen LogP contribution in [0.1, 0.15) is 39.0 Å². The van der Waals surface area contributed by atoms with Gasteiger partial charge in [0.1, 0.15) is 0 Å². The Morgan fingerprint density at radius 1 is 1.19 bits per heavy atom. The molecular weight excluding hydrogens is 202 g/mol. The van der Waals surface area contributed by atoms with Gasteiger partial charge in [-0.3, -0.25) is 0 Å². The van der Waals surface area contributed by atoms with Crippen LogP contribution in [-0.4, -0.2) is 39.5 Å². The number of hydrogen-bond acceptors (Lipinski definition) is 3. The molecule has 0 amide bonds. The Morgan fingerprint density at radius 3 is 2.44 bits per heavy atom. The Labute approximate surface area is 99.9 Å². The Hall–Kier alpha value is -0.120. The van der Waals surface area contributed by atoms with Crippen LogP contribution < -0.4 is 5.32 Å². The Kier molecular flexibility index (Phi) is 7.01. The third-order valence-electron chi connectivity index (χ3n) is 3.55. The third-order valence-corrected chi connectivity index (χ3v) is 3.55. The van der Waals surface area contributed by atoms with Crippen LogP contribution in [0.5, 0.6) is 0 Å². The number of hydrogen-bond donors (Lipinski definition) is 1. The minimum Gasteiger partial charge on any atom is -0.382 e. The molecule has 1 aliphatic carbocycles. The lowest BCUT2D eigenvalue weighted by atomic mass is 9.84. The Morgan fingerprint density at radius 2 is 1.88 bits per heavy atom. The van der Waals surface area contributed by atoms with E-state index in [9.17, 15) is 0 Å². The fraction of sp³-hybridized carbons (Fsp3) is 1.00. The van der Waals surface area contributed by atoms with Crippen molar-refractivity contribution in [1.29, 1.82) is 0 Å². The van der Waals surface area contributed by atoms with Crippen LogP contribution >= 0.6 is 0 Å². The monoisotopic (exact) mass is 229 g/mol. The lowest BCUT2D eigenvalue weighted by molar-refractivity contribution is -0.00838. The van der Waals surface area contributed by atoms with Crippen molar-refractivity contribution in [2.75, 3.05) is 27.4 Å². The third kappa shape index (κ3) is 4.81. The first-order chi connectivity index (χ1) is 7.77. The van der Waals surface area contributed by atoms with Crippen molar-refractivity contribution in [3.63, 3.8) is 0 Å². The molecule has 1 fully saturated rings. The molecule has 0 aromatic heterocycles. The van der Waals surface area contributed by atoms with Gasteiger partial charge in [0.15, 0.2) is 0 Å². The lowest BCUT2D eigenvalue weighted by Crippen LogP contribution is -2.40. The molecule has 0 heterocycles. The summed E-state index contributed by atoms with van der Waals surface area (Å²) in [5.74, 6) is 0.800. The van der Waals surface area contributed by atoms with Gasteiger partial charge < -0.3 is 14.8 Å². The van der Waals surface area contributed by atoms with Gasteiger partial charge in [-0.05, 0) is 32.7 Å². The van der Waals surface area contributed by atoms with Crippen molar-refractivity contribution in [1.82, 2.24) is 5.32 Å². The Bertz CT molecular complexity index is 169. The summed E-state index contributed by atoms with van der Waals surface area (Å²) in [5, 5.41) is 3.40. The molecule has 1 N–H and O–H groups in total. The SMILES string of the molecule is CNC(COC(C)COC)C1CCCCC1. The first-order valence-electron chi connectivity index (χ1n) is 6.55. The maximum Gasteiger partial charge on any atom is 0.0781 e. The molecule has 1 aliphatic rings. The summed E-state index contributed by atoms with van der Waals surface area (Å²) in [7, 11) is 3.76. The van der Waals surface area contributed by atoms with E-state index in [4.69, 9.17) is 9.47 Å². The van der Waals surface area contributed by atoms with Gasteiger partial charge in [-0.1, -0.05) is 19.3 Å². The largest absolute Gasteiger partial charge is 0.382 e. The smallest absolute Gasteiger partial charge is 0.0781 e. The molecule has 2 atom stereocenters. The van der Waals surface area contributed by atoms with Crippen molar-refractivity contribution < 1.29 is 9.47 Å². The van der Waals surface area contributed by atoms with E-state index < -0.39 is 0 Å². The molecule has 0 aliphatic heterocycles. The summed E-state index contributed by atoms with van der Waals surface area (Å²) in [4.78, 5) is 0. The van der Waals surface area contributed by atoms with Gasteiger partial charge in [0.25, 0.3) is 0 Å². The number of methoxy groups -OCH3 is 1. The van der Waals surface area contributed by atoms with Gasteiger partial charge in [0.2, 0.25) is 0 Å². The topological polar surface area (TPSA) is 30.5 Å². The first-order valence-corrected chi connectivity index (χ1v) is 6.55. The molecule has 3 nitrogen and oxygen atoms in total. The van der Waals surface area contributed by atoms with Gasteiger partial charge in [0, 0.05) is 13.2 Å². The molecule has 2 unspecified atom stereocenters. The van der Waals surface area contributed by atoms with Crippen molar-refractivity contribution in [3.8, 4) is 0 Å².